The van der Waals surface area contributed by atoms with E-state index in [1.54, 1.807) is 0 Å². The molecule has 0 fully saturated rings. The van der Waals surface area contributed by atoms with E-state index in [0.29, 0.717) is 0 Å². The van der Waals surface area contributed by atoms with Crippen molar-refractivity contribution in [1.82, 2.24) is 0 Å². The van der Waals surface area contributed by atoms with E-state index < -0.39 is 0 Å². The summed E-state index contributed by atoms with van der Waals surface area (Å²) in [7, 11) is 8.47. The maximum absolute atomic E-state index is 2.30. The fraction of sp³-hybridized carbons (Fsp3) is 0.0602. The third-order valence-electron chi connectivity index (χ3n) is 17.0. The van der Waals surface area contributed by atoms with E-state index >= 15 is 0 Å². The van der Waals surface area contributed by atoms with Gasteiger partial charge >= 0.3 is 0 Å². The van der Waals surface area contributed by atoms with Crippen LogP contribution in [0.3, 0.4) is 0 Å². The maximum Gasteiger partial charge on any atom is 0.0494 e. The molecule has 87 heavy (non-hydrogen) atoms. The van der Waals surface area contributed by atoms with Crippen molar-refractivity contribution in [2.24, 2.45) is 0 Å². The molecule has 0 heterocycles. The summed E-state index contributed by atoms with van der Waals surface area (Å²) in [5, 5.41) is 21.0. The molecule has 16 rings (SSSR count). The Hall–Kier alpha value is -10.9. The van der Waals surface area contributed by atoms with Gasteiger partial charge in [0, 0.05) is 84.5 Å². The molecule has 0 unspecified atom stereocenters. The number of nitrogens with zero attached hydrogens (tertiary/aromatic N) is 4. The first-order chi connectivity index (χ1) is 42.8. The monoisotopic (exact) mass is 1120 g/mol. The van der Waals surface area contributed by atoms with Gasteiger partial charge in [-0.15, -0.1) is 0 Å². The SMILES string of the molecule is CN(c1ccccc1)c1cc2ccccc2c2ccccc12.CN(c1ccccc1)c1ccc2c3cccc4cccc(c5cccc1c52)c43.CN(c1ccccc1)c1ccc2cc3ccccc3cc2c1.Cc1ccc(N(C)c2ccccc2)cc1. The molecular weight excluding hydrogens is 1050 g/mol. The minimum atomic E-state index is 1.20. The standard InChI is InChI=1S/C27H19N.2C21H17N.C14H15N/c1-28(19-10-3-2-4-11-19)25-17-16-23-21-13-6-9-18-8-5-12-20(26(18)21)22-14-7-15-24(25)27(22)23;1-22(17-10-3-2-4-11-17)21-15-16-9-5-6-12-18(16)19-13-7-8-14-20(19)21;1-22(20-9-3-2-4-10-20)21-12-11-18-13-16-7-5-6-8-17(16)14-19(18)15-21;1-12-8-10-14(11-9-12)15(2)13-6-4-3-5-7-13/h2-17H,1H3;2*2-15H,1H3;3-11H,1-2H3. The van der Waals surface area contributed by atoms with Crippen molar-refractivity contribution < 1.29 is 0 Å². The molecule has 0 amide bonds. The van der Waals surface area contributed by atoms with E-state index in [1.807, 2.05) is 12.1 Å². The van der Waals surface area contributed by atoms with Crippen molar-refractivity contribution in [3.8, 4) is 0 Å². The van der Waals surface area contributed by atoms with Crippen LogP contribution in [0.2, 0.25) is 0 Å². The number of benzene rings is 16. The third-order valence-corrected chi connectivity index (χ3v) is 17.0. The molecular formula is C83H68N4. The van der Waals surface area contributed by atoms with Crippen molar-refractivity contribution in [1.29, 1.82) is 0 Å². The fourth-order valence-corrected chi connectivity index (χ4v) is 12.3. The molecule has 0 aliphatic rings. The molecule has 420 valence electrons. The molecule has 0 N–H and O–H groups in total. The topological polar surface area (TPSA) is 13.0 Å². The predicted octanol–water partition coefficient (Wildman–Crippen LogP) is 22.8. The summed E-state index contributed by atoms with van der Waals surface area (Å²) in [6.45, 7) is 2.10. The number of anilines is 8. The van der Waals surface area contributed by atoms with Gasteiger partial charge in [0.2, 0.25) is 0 Å². The second-order valence-electron chi connectivity index (χ2n) is 22.4. The van der Waals surface area contributed by atoms with Crippen LogP contribution in [0.4, 0.5) is 45.5 Å². The van der Waals surface area contributed by atoms with E-state index in [4.69, 9.17) is 0 Å². The number of aryl methyl sites for hydroxylation is 1. The minimum absolute atomic E-state index is 1.20. The van der Waals surface area contributed by atoms with Gasteiger partial charge in [-0.2, -0.15) is 0 Å². The lowest BCUT2D eigenvalue weighted by Crippen LogP contribution is -2.09. The number of hydrogen-bond donors (Lipinski definition) is 0. The Kier molecular flexibility index (Phi) is 15.7. The lowest BCUT2D eigenvalue weighted by Gasteiger charge is -2.23. The number of rotatable bonds is 8. The highest BCUT2D eigenvalue weighted by Gasteiger charge is 2.17. The fourth-order valence-electron chi connectivity index (χ4n) is 12.3. The Morgan fingerprint density at radius 3 is 1.13 bits per heavy atom. The van der Waals surface area contributed by atoms with Crippen molar-refractivity contribution >= 4 is 132 Å². The second-order valence-corrected chi connectivity index (χ2v) is 22.4. The molecule has 0 bridgehead atoms. The molecule has 0 aliphatic heterocycles. The van der Waals surface area contributed by atoms with Crippen molar-refractivity contribution in [3.63, 3.8) is 0 Å². The molecule has 4 heteroatoms. The van der Waals surface area contributed by atoms with Crippen LogP contribution in [-0.4, -0.2) is 28.2 Å². The van der Waals surface area contributed by atoms with Gasteiger partial charge < -0.3 is 19.6 Å². The van der Waals surface area contributed by atoms with Crippen LogP contribution < -0.4 is 19.6 Å². The average molecular weight is 1120 g/mol. The Balaban J connectivity index is 0.000000110. The minimum Gasteiger partial charge on any atom is -0.345 e. The largest absolute Gasteiger partial charge is 0.345 e. The van der Waals surface area contributed by atoms with E-state index in [0.717, 1.165) is 0 Å². The zero-order valence-corrected chi connectivity index (χ0v) is 49.9. The Labute approximate surface area is 510 Å². The first-order valence-electron chi connectivity index (χ1n) is 29.9. The van der Waals surface area contributed by atoms with Crippen LogP contribution in [0.15, 0.2) is 322 Å². The quantitative estimate of drug-likeness (QED) is 0.111. The molecule has 16 aromatic rings. The molecule has 0 aliphatic carbocycles. The molecule has 0 atom stereocenters. The van der Waals surface area contributed by atoms with Crippen LogP contribution in [-0.2, 0) is 0 Å². The highest BCUT2D eigenvalue weighted by Crippen LogP contribution is 2.44. The molecule has 16 aromatic carbocycles. The van der Waals surface area contributed by atoms with Gasteiger partial charge in [0.1, 0.15) is 0 Å². The summed E-state index contributed by atoms with van der Waals surface area (Å²) in [4.78, 5) is 8.94. The number of para-hydroxylation sites is 4. The first-order valence-corrected chi connectivity index (χ1v) is 29.9. The van der Waals surface area contributed by atoms with Crippen LogP contribution in [0, 0.1) is 6.92 Å². The molecule has 0 radical (unpaired) electrons. The summed E-state index contributed by atoms with van der Waals surface area (Å²) in [6, 6.07) is 114. The Morgan fingerprint density at radius 2 is 0.552 bits per heavy atom. The lowest BCUT2D eigenvalue weighted by molar-refractivity contribution is 1.20. The van der Waals surface area contributed by atoms with Crippen LogP contribution in [0.25, 0.3) is 86.2 Å². The highest BCUT2D eigenvalue weighted by molar-refractivity contribution is 6.34. The van der Waals surface area contributed by atoms with Crippen LogP contribution in [0.1, 0.15) is 5.56 Å². The van der Waals surface area contributed by atoms with Gasteiger partial charge in [0.15, 0.2) is 0 Å². The summed E-state index contributed by atoms with van der Waals surface area (Å²) < 4.78 is 0. The summed E-state index contributed by atoms with van der Waals surface area (Å²) in [5.74, 6) is 0. The lowest BCUT2D eigenvalue weighted by atomic mass is 9.89. The first kappa shape index (κ1) is 55.3. The number of hydrogen-bond acceptors (Lipinski definition) is 4. The van der Waals surface area contributed by atoms with E-state index in [2.05, 4.69) is 364 Å². The van der Waals surface area contributed by atoms with Gasteiger partial charge in [-0.3, -0.25) is 0 Å². The smallest absolute Gasteiger partial charge is 0.0494 e. The molecule has 0 aromatic heterocycles. The highest BCUT2D eigenvalue weighted by atomic mass is 15.1. The molecule has 4 nitrogen and oxygen atoms in total. The average Bonchev–Trinajstić information content (AvgIpc) is 1.46. The van der Waals surface area contributed by atoms with Crippen molar-refractivity contribution in [2.75, 3.05) is 47.8 Å². The zero-order valence-electron chi connectivity index (χ0n) is 49.9. The number of fused-ring (bicyclic) bond motifs is 7. The van der Waals surface area contributed by atoms with Gasteiger partial charge in [-0.1, -0.05) is 230 Å². The van der Waals surface area contributed by atoms with Gasteiger partial charge in [0.25, 0.3) is 0 Å². The molecule has 0 spiro atoms. The Bertz CT molecular complexity index is 4940. The molecule has 0 saturated carbocycles. The summed E-state index contributed by atoms with van der Waals surface area (Å²) >= 11 is 0. The molecule has 0 saturated heterocycles. The van der Waals surface area contributed by atoms with E-state index in [9.17, 15) is 0 Å². The zero-order chi connectivity index (χ0) is 59.2. The van der Waals surface area contributed by atoms with Gasteiger partial charge in [-0.05, 0) is 179 Å². The maximum atomic E-state index is 2.30. The normalized spacial score (nSPS) is 11.0. The van der Waals surface area contributed by atoms with Crippen molar-refractivity contribution in [2.45, 2.75) is 6.92 Å². The van der Waals surface area contributed by atoms with Crippen LogP contribution >= 0.6 is 0 Å². The summed E-state index contributed by atoms with van der Waals surface area (Å²) in [5.41, 5.74) is 11.0. The van der Waals surface area contributed by atoms with E-state index in [1.165, 1.54) is 137 Å². The van der Waals surface area contributed by atoms with Crippen molar-refractivity contribution in [3.05, 3.63) is 327 Å². The van der Waals surface area contributed by atoms with Crippen LogP contribution in [0.5, 0.6) is 0 Å². The van der Waals surface area contributed by atoms with Gasteiger partial charge in [0.05, 0.1) is 0 Å². The summed E-state index contributed by atoms with van der Waals surface area (Å²) in [6.07, 6.45) is 0. The Morgan fingerprint density at radius 1 is 0.184 bits per heavy atom. The van der Waals surface area contributed by atoms with Gasteiger partial charge in [-0.25, -0.2) is 0 Å². The van der Waals surface area contributed by atoms with E-state index in [-0.39, 0.29) is 0 Å². The predicted molar refractivity (Wildman–Crippen MR) is 380 cm³/mol. The second kappa shape index (κ2) is 24.7. The third kappa shape index (κ3) is 11.3.